The van der Waals surface area contributed by atoms with Crippen LogP contribution >= 0.6 is 0 Å². The van der Waals surface area contributed by atoms with E-state index in [1.165, 1.54) is 12.1 Å². The lowest BCUT2D eigenvalue weighted by Crippen LogP contribution is -2.29. The van der Waals surface area contributed by atoms with E-state index in [2.05, 4.69) is 0 Å². The molecule has 2 aromatic carbocycles. The van der Waals surface area contributed by atoms with Crippen molar-refractivity contribution in [1.29, 1.82) is 0 Å². The van der Waals surface area contributed by atoms with E-state index in [-0.39, 0.29) is 21.7 Å². The molecule has 0 bridgehead atoms. The summed E-state index contributed by atoms with van der Waals surface area (Å²) in [6.45, 7) is 0. The van der Waals surface area contributed by atoms with Crippen molar-refractivity contribution < 1.29 is 11.0 Å². The van der Waals surface area contributed by atoms with Crippen molar-refractivity contribution in [2.45, 2.75) is 0 Å². The number of benzene rings is 1. The Morgan fingerprint density at radius 2 is 1.00 bits per heavy atom. The highest BCUT2D eigenvalue weighted by Gasteiger charge is 2.09. The normalized spacial score (nSPS) is 9.14. The van der Waals surface area contributed by atoms with Gasteiger partial charge in [0.15, 0.2) is 0 Å². The summed E-state index contributed by atoms with van der Waals surface area (Å²) in [5.41, 5.74) is -2.29. The van der Waals surface area contributed by atoms with Crippen LogP contribution in [0.4, 0.5) is 0 Å². The highest BCUT2D eigenvalue weighted by atomic mass is 16.2. The fourth-order valence-corrected chi connectivity index (χ4v) is 1.23. The van der Waals surface area contributed by atoms with Gasteiger partial charge in [0, 0.05) is 10.8 Å². The minimum absolute atomic E-state index is 0. The lowest BCUT2D eigenvalue weighted by molar-refractivity contribution is 0.823. The molecule has 4 N–H and O–H groups in total. The third-order valence-corrected chi connectivity index (χ3v) is 1.83. The number of rotatable bonds is 0. The van der Waals surface area contributed by atoms with Crippen molar-refractivity contribution in [3.8, 4) is 0 Å². The van der Waals surface area contributed by atoms with Gasteiger partial charge in [-0.3, -0.25) is 14.4 Å². The van der Waals surface area contributed by atoms with E-state index in [1.807, 2.05) is 0 Å². The fraction of sp³-hybridized carbons (Fsp3) is 0. The van der Waals surface area contributed by atoms with Gasteiger partial charge in [0.25, 0.3) is 5.43 Å². The number of hydrogen-bond acceptors (Lipinski definition) is 3. The molecule has 2 rings (SSSR count). The second-order valence-electron chi connectivity index (χ2n) is 2.53. The lowest BCUT2D eigenvalue weighted by Gasteiger charge is -1.81. The Morgan fingerprint density at radius 3 is 1.36 bits per heavy atom. The Hall–Kier alpha value is -1.85. The van der Waals surface area contributed by atoms with Gasteiger partial charge in [-0.2, -0.15) is 0 Å². The fourth-order valence-electron chi connectivity index (χ4n) is 1.23. The van der Waals surface area contributed by atoms with Crippen LogP contribution in [-0.4, -0.2) is 11.0 Å². The van der Waals surface area contributed by atoms with Crippen LogP contribution in [0, 0.1) is 0 Å². The minimum atomic E-state index is -0.920. The predicted octanol–water partition coefficient (Wildman–Crippen LogP) is -1.85. The van der Waals surface area contributed by atoms with Gasteiger partial charge in [-0.15, -0.1) is 0 Å². The Labute approximate surface area is 77.5 Å². The zero-order valence-electron chi connectivity index (χ0n) is 7.03. The maximum atomic E-state index is 11.0. The standard InChI is InChI=1S/C9H4O3.2H2O/c10-7-5-3-1-2-4-6(5)8(11)9(7)12;;/h1-4H;2*1H2. The van der Waals surface area contributed by atoms with Crippen molar-refractivity contribution in [3.63, 3.8) is 0 Å². The molecule has 0 saturated heterocycles. The molecule has 2 aromatic rings. The molecule has 5 nitrogen and oxygen atoms in total. The molecule has 0 saturated carbocycles. The zero-order chi connectivity index (χ0) is 8.72. The topological polar surface area (TPSA) is 114 Å². The molecule has 0 radical (unpaired) electrons. The van der Waals surface area contributed by atoms with E-state index in [4.69, 9.17) is 0 Å². The molecule has 0 aliphatic rings. The van der Waals surface area contributed by atoms with Gasteiger partial charge in [-0.1, -0.05) is 24.3 Å². The summed E-state index contributed by atoms with van der Waals surface area (Å²) in [5, 5.41) is 0.458. The second-order valence-corrected chi connectivity index (χ2v) is 2.53. The third kappa shape index (κ3) is 1.34. The average Bonchev–Trinajstić information content (AvgIpc) is 2.33. The molecule has 74 valence electrons. The molecule has 0 fully saturated rings. The van der Waals surface area contributed by atoms with E-state index in [0.717, 1.165) is 0 Å². The van der Waals surface area contributed by atoms with Crippen LogP contribution in [0.1, 0.15) is 0 Å². The van der Waals surface area contributed by atoms with E-state index < -0.39 is 16.3 Å². The molecule has 0 spiro atoms. The van der Waals surface area contributed by atoms with Gasteiger partial charge in [-0.05, 0) is 0 Å². The maximum absolute atomic E-state index is 11.0. The van der Waals surface area contributed by atoms with E-state index >= 15 is 0 Å². The molecule has 0 amide bonds. The van der Waals surface area contributed by atoms with Crippen LogP contribution in [0.2, 0.25) is 0 Å². The SMILES string of the molecule is O.O.O=c1c(=O)c2ccccc2c1=O. The molecule has 0 unspecified atom stereocenters. The van der Waals surface area contributed by atoms with Gasteiger partial charge in [0.1, 0.15) is 0 Å². The third-order valence-electron chi connectivity index (χ3n) is 1.83. The summed E-state index contributed by atoms with van der Waals surface area (Å²) in [4.78, 5) is 32.9. The monoisotopic (exact) mass is 196 g/mol. The van der Waals surface area contributed by atoms with E-state index in [1.54, 1.807) is 12.1 Å². The molecule has 0 heterocycles. The molecular weight excluding hydrogens is 188 g/mol. The summed E-state index contributed by atoms with van der Waals surface area (Å²) in [6, 6.07) is 6.23. The summed E-state index contributed by atoms with van der Waals surface area (Å²) < 4.78 is 0. The Morgan fingerprint density at radius 1 is 0.643 bits per heavy atom. The van der Waals surface area contributed by atoms with Crippen molar-refractivity contribution >= 4 is 10.8 Å². The second kappa shape index (κ2) is 3.91. The van der Waals surface area contributed by atoms with Gasteiger partial charge in [-0.25, -0.2) is 0 Å². The Balaban J connectivity index is 0.000000845. The molecular formula is C9H8O5. The van der Waals surface area contributed by atoms with Crippen molar-refractivity contribution in [2.24, 2.45) is 0 Å². The predicted molar refractivity (Wildman–Crippen MR) is 52.4 cm³/mol. The zero-order valence-corrected chi connectivity index (χ0v) is 7.03. The Bertz CT molecular complexity index is 527. The van der Waals surface area contributed by atoms with Crippen LogP contribution < -0.4 is 16.3 Å². The quantitative estimate of drug-likeness (QED) is 0.460. The summed E-state index contributed by atoms with van der Waals surface area (Å²) in [5.74, 6) is 0. The summed E-state index contributed by atoms with van der Waals surface area (Å²) in [6.07, 6.45) is 0. The first-order valence-corrected chi connectivity index (χ1v) is 3.44. The van der Waals surface area contributed by atoms with Crippen molar-refractivity contribution in [1.82, 2.24) is 0 Å². The highest BCUT2D eigenvalue weighted by molar-refractivity contribution is 5.83. The molecule has 5 heteroatoms. The van der Waals surface area contributed by atoms with Crippen molar-refractivity contribution in [2.75, 3.05) is 0 Å². The van der Waals surface area contributed by atoms with Crippen LogP contribution in [-0.2, 0) is 0 Å². The largest absolute Gasteiger partial charge is 0.412 e. The molecule has 0 aromatic heterocycles. The van der Waals surface area contributed by atoms with E-state index in [9.17, 15) is 14.4 Å². The summed E-state index contributed by atoms with van der Waals surface area (Å²) >= 11 is 0. The number of hydrogen-bond donors (Lipinski definition) is 0. The van der Waals surface area contributed by atoms with Gasteiger partial charge >= 0.3 is 0 Å². The van der Waals surface area contributed by atoms with Crippen LogP contribution in [0.25, 0.3) is 10.8 Å². The first-order chi connectivity index (χ1) is 5.72. The van der Waals surface area contributed by atoms with E-state index in [0.29, 0.717) is 0 Å². The van der Waals surface area contributed by atoms with Gasteiger partial charge < -0.3 is 11.0 Å². The highest BCUT2D eigenvalue weighted by Crippen LogP contribution is 2.01. The first-order valence-electron chi connectivity index (χ1n) is 3.44. The van der Waals surface area contributed by atoms with Crippen molar-refractivity contribution in [3.05, 3.63) is 54.9 Å². The lowest BCUT2D eigenvalue weighted by atomic mass is 10.2. The average molecular weight is 196 g/mol. The van der Waals surface area contributed by atoms with Gasteiger partial charge in [0.05, 0.1) is 0 Å². The molecule has 0 aliphatic heterocycles. The molecule has 14 heavy (non-hydrogen) atoms. The van der Waals surface area contributed by atoms with Crippen LogP contribution in [0.5, 0.6) is 0 Å². The maximum Gasteiger partial charge on any atom is 0.273 e. The van der Waals surface area contributed by atoms with Gasteiger partial charge in [0.2, 0.25) is 10.9 Å². The van der Waals surface area contributed by atoms with Crippen LogP contribution in [0.3, 0.4) is 0 Å². The molecule has 0 aliphatic carbocycles. The Kier molecular flexibility index (Phi) is 3.39. The first kappa shape index (κ1) is 12.2. The minimum Gasteiger partial charge on any atom is -0.412 e. The molecule has 0 atom stereocenters. The smallest absolute Gasteiger partial charge is 0.273 e. The number of fused-ring (bicyclic) bond motifs is 1. The summed E-state index contributed by atoms with van der Waals surface area (Å²) in [7, 11) is 0. The van der Waals surface area contributed by atoms with Crippen LogP contribution in [0.15, 0.2) is 38.6 Å².